The maximum Gasteiger partial charge on any atom is 0.234 e. The van der Waals surface area contributed by atoms with Crippen molar-refractivity contribution < 1.29 is 13.2 Å². The fourth-order valence-corrected chi connectivity index (χ4v) is 6.81. The average Bonchev–Trinajstić information content (AvgIpc) is 3.17. The molecule has 1 amide bonds. The monoisotopic (exact) mass is 477 g/mol. The minimum Gasteiger partial charge on any atom is -0.325 e. The van der Waals surface area contributed by atoms with Gasteiger partial charge in [0.1, 0.15) is 0 Å². The maximum atomic E-state index is 12.6. The van der Waals surface area contributed by atoms with Crippen LogP contribution in [0, 0.1) is 20.8 Å². The summed E-state index contributed by atoms with van der Waals surface area (Å²) >= 11 is 7.46. The van der Waals surface area contributed by atoms with Crippen LogP contribution in [-0.4, -0.2) is 48.8 Å². The van der Waals surface area contributed by atoms with E-state index in [1.807, 2.05) is 49.9 Å². The fraction of sp³-hybridized carbons (Fsp3) is 0.364. The first-order chi connectivity index (χ1) is 14.6. The summed E-state index contributed by atoms with van der Waals surface area (Å²) in [6.07, 6.45) is 0. The SMILES string of the molecule is Cc1ccc(N2C(SCC(=O)Nc3cccc(Cl)c3C)=N[C@H]3CS(=O)(=O)C[C@@H]32)cc1C. The molecule has 0 aliphatic carbocycles. The van der Waals surface area contributed by atoms with Gasteiger partial charge in [-0.15, -0.1) is 0 Å². The lowest BCUT2D eigenvalue weighted by atomic mass is 10.1. The van der Waals surface area contributed by atoms with Crippen LogP contribution in [0.15, 0.2) is 41.4 Å². The topological polar surface area (TPSA) is 78.8 Å². The standard InChI is InChI=1S/C22H24ClN3O3S2/c1-13-7-8-16(9-14(13)2)26-20-12-31(28,29)11-19(20)25-22(26)30-10-21(27)24-18-6-4-5-17(23)15(18)3/h4-9,19-20H,10-12H2,1-3H3,(H,24,27)/t19-,20-/m0/s1. The van der Waals surface area contributed by atoms with E-state index >= 15 is 0 Å². The van der Waals surface area contributed by atoms with Gasteiger partial charge in [-0.25, -0.2) is 8.42 Å². The number of nitrogens with zero attached hydrogens (tertiary/aromatic N) is 2. The van der Waals surface area contributed by atoms with Gasteiger partial charge in [-0.1, -0.05) is 35.5 Å². The Balaban J connectivity index is 1.53. The number of halogens is 1. The molecular weight excluding hydrogens is 454 g/mol. The zero-order valence-electron chi connectivity index (χ0n) is 17.6. The van der Waals surface area contributed by atoms with E-state index in [1.54, 1.807) is 12.1 Å². The number of sulfone groups is 1. The molecule has 1 N–H and O–H groups in total. The van der Waals surface area contributed by atoms with E-state index in [2.05, 4.69) is 5.32 Å². The van der Waals surface area contributed by atoms with Crippen LogP contribution in [0.25, 0.3) is 0 Å². The van der Waals surface area contributed by atoms with E-state index in [1.165, 1.54) is 17.3 Å². The van der Waals surface area contributed by atoms with Crippen molar-refractivity contribution in [2.75, 3.05) is 27.5 Å². The minimum atomic E-state index is -3.12. The highest BCUT2D eigenvalue weighted by Gasteiger charge is 2.47. The zero-order chi connectivity index (χ0) is 22.3. The summed E-state index contributed by atoms with van der Waals surface area (Å²) in [5.41, 5.74) is 4.70. The number of thioether (sulfide) groups is 1. The molecule has 9 heteroatoms. The molecule has 1 saturated heterocycles. The van der Waals surface area contributed by atoms with Crippen LogP contribution < -0.4 is 10.2 Å². The van der Waals surface area contributed by atoms with Crippen LogP contribution in [-0.2, 0) is 14.6 Å². The van der Waals surface area contributed by atoms with E-state index in [0.29, 0.717) is 15.9 Å². The third kappa shape index (κ3) is 4.61. The van der Waals surface area contributed by atoms with Crippen molar-refractivity contribution in [3.8, 4) is 0 Å². The minimum absolute atomic E-state index is 0.0526. The predicted molar refractivity (Wildman–Crippen MR) is 129 cm³/mol. The number of amidine groups is 1. The van der Waals surface area contributed by atoms with Gasteiger partial charge in [0, 0.05) is 16.4 Å². The quantitative estimate of drug-likeness (QED) is 0.720. The second kappa shape index (κ2) is 8.48. The second-order valence-corrected chi connectivity index (χ2v) is 11.5. The van der Waals surface area contributed by atoms with Crippen molar-refractivity contribution in [1.29, 1.82) is 0 Å². The molecule has 4 rings (SSSR count). The van der Waals surface area contributed by atoms with E-state index in [0.717, 1.165) is 16.8 Å². The number of benzene rings is 2. The van der Waals surface area contributed by atoms with Crippen LogP contribution >= 0.6 is 23.4 Å². The summed E-state index contributed by atoms with van der Waals surface area (Å²) in [4.78, 5) is 19.3. The third-order valence-electron chi connectivity index (χ3n) is 5.75. The van der Waals surface area contributed by atoms with Gasteiger partial charge >= 0.3 is 0 Å². The summed E-state index contributed by atoms with van der Waals surface area (Å²) in [7, 11) is -3.12. The van der Waals surface area contributed by atoms with Crippen LogP contribution in [0.5, 0.6) is 0 Å². The number of aryl methyl sites for hydroxylation is 2. The highest BCUT2D eigenvalue weighted by molar-refractivity contribution is 8.14. The first kappa shape index (κ1) is 22.2. The lowest BCUT2D eigenvalue weighted by molar-refractivity contribution is -0.113. The number of carbonyl (C=O) groups is 1. The Morgan fingerprint density at radius 1 is 1.19 bits per heavy atom. The first-order valence-electron chi connectivity index (χ1n) is 9.97. The Hall–Kier alpha value is -2.03. The third-order valence-corrected chi connectivity index (χ3v) is 8.83. The molecule has 2 atom stereocenters. The summed E-state index contributed by atoms with van der Waals surface area (Å²) < 4.78 is 24.4. The lowest BCUT2D eigenvalue weighted by Gasteiger charge is -2.27. The Labute approximate surface area is 192 Å². The van der Waals surface area contributed by atoms with Gasteiger partial charge in [0.15, 0.2) is 15.0 Å². The van der Waals surface area contributed by atoms with Crippen molar-refractivity contribution in [1.82, 2.24) is 0 Å². The highest BCUT2D eigenvalue weighted by atomic mass is 35.5. The molecule has 0 radical (unpaired) electrons. The molecule has 0 saturated carbocycles. The molecule has 0 bridgehead atoms. The molecule has 6 nitrogen and oxygen atoms in total. The first-order valence-corrected chi connectivity index (χ1v) is 13.2. The maximum absolute atomic E-state index is 12.6. The highest BCUT2D eigenvalue weighted by Crippen LogP contribution is 2.36. The van der Waals surface area contributed by atoms with Crippen LogP contribution in [0.1, 0.15) is 16.7 Å². The number of carbonyl (C=O) groups excluding carboxylic acids is 1. The van der Waals surface area contributed by atoms with Crippen LogP contribution in [0.4, 0.5) is 11.4 Å². The molecule has 0 unspecified atom stereocenters. The Bertz CT molecular complexity index is 1180. The number of hydrogen-bond acceptors (Lipinski definition) is 6. The zero-order valence-corrected chi connectivity index (χ0v) is 19.9. The summed E-state index contributed by atoms with van der Waals surface area (Å²) in [5.74, 6) is 0.129. The van der Waals surface area contributed by atoms with Gasteiger partial charge in [0.05, 0.1) is 29.3 Å². The van der Waals surface area contributed by atoms with Crippen molar-refractivity contribution in [3.63, 3.8) is 0 Å². The molecule has 2 aliphatic rings. The van der Waals surface area contributed by atoms with Crippen molar-refractivity contribution in [2.24, 2.45) is 4.99 Å². The van der Waals surface area contributed by atoms with Crippen molar-refractivity contribution in [2.45, 2.75) is 32.9 Å². The Kier molecular flexibility index (Phi) is 6.07. The van der Waals surface area contributed by atoms with Crippen LogP contribution in [0.3, 0.4) is 0 Å². The van der Waals surface area contributed by atoms with E-state index < -0.39 is 9.84 Å². The normalized spacial score (nSPS) is 21.7. The van der Waals surface area contributed by atoms with Crippen molar-refractivity contribution in [3.05, 3.63) is 58.1 Å². The number of anilines is 2. The second-order valence-electron chi connectivity index (χ2n) is 8.01. The summed E-state index contributed by atoms with van der Waals surface area (Å²) in [6, 6.07) is 10.9. The number of rotatable bonds is 4. The van der Waals surface area contributed by atoms with E-state index in [4.69, 9.17) is 16.6 Å². The predicted octanol–water partition coefficient (Wildman–Crippen LogP) is 3.98. The Morgan fingerprint density at radius 2 is 1.97 bits per heavy atom. The van der Waals surface area contributed by atoms with E-state index in [9.17, 15) is 13.2 Å². The number of nitrogens with one attached hydrogen (secondary N) is 1. The van der Waals surface area contributed by atoms with Crippen LogP contribution in [0.2, 0.25) is 5.02 Å². The number of amides is 1. The smallest absolute Gasteiger partial charge is 0.234 e. The number of aliphatic imine (C=N–C) groups is 1. The molecule has 2 aliphatic heterocycles. The molecule has 2 aromatic rings. The average molecular weight is 478 g/mol. The molecule has 1 fully saturated rings. The number of fused-ring (bicyclic) bond motifs is 1. The molecule has 2 aromatic carbocycles. The molecule has 0 aromatic heterocycles. The van der Waals surface area contributed by atoms with Gasteiger partial charge in [-0.2, -0.15) is 0 Å². The van der Waals surface area contributed by atoms with Gasteiger partial charge < -0.3 is 10.2 Å². The van der Waals surface area contributed by atoms with Gasteiger partial charge in [0.2, 0.25) is 5.91 Å². The van der Waals surface area contributed by atoms with Gasteiger partial charge in [0.25, 0.3) is 0 Å². The Morgan fingerprint density at radius 3 is 2.71 bits per heavy atom. The molecule has 164 valence electrons. The molecule has 2 heterocycles. The lowest BCUT2D eigenvalue weighted by Crippen LogP contribution is -2.39. The summed E-state index contributed by atoms with van der Waals surface area (Å²) in [6.45, 7) is 5.93. The largest absolute Gasteiger partial charge is 0.325 e. The molecule has 31 heavy (non-hydrogen) atoms. The van der Waals surface area contributed by atoms with Crippen molar-refractivity contribution >= 4 is 55.6 Å². The van der Waals surface area contributed by atoms with Gasteiger partial charge in [-0.3, -0.25) is 9.79 Å². The molecular formula is C22H24ClN3O3S2. The summed E-state index contributed by atoms with van der Waals surface area (Å²) in [5, 5.41) is 4.18. The number of hydrogen-bond donors (Lipinski definition) is 1. The molecule has 0 spiro atoms. The van der Waals surface area contributed by atoms with E-state index in [-0.39, 0.29) is 35.2 Å². The fourth-order valence-electron chi connectivity index (χ4n) is 3.87. The van der Waals surface area contributed by atoms with Gasteiger partial charge in [-0.05, 0) is 61.7 Å².